The summed E-state index contributed by atoms with van der Waals surface area (Å²) in [4.78, 5) is 13.0. The summed E-state index contributed by atoms with van der Waals surface area (Å²) in [6.07, 6.45) is 4.15. The quantitative estimate of drug-likeness (QED) is 0.568. The highest BCUT2D eigenvalue weighted by atomic mass is 32.2. The SMILES string of the molecule is COc1ccc(S(=O)(=O)N2C[C@H](C(=O)NCCSC3CCCC3)Oc3ccc(C)cc32)cc1. The Bertz CT molecular complexity index is 1080. The molecule has 1 heterocycles. The van der Waals surface area contributed by atoms with Crippen molar-refractivity contribution in [2.45, 2.75) is 48.9 Å². The van der Waals surface area contributed by atoms with E-state index >= 15 is 0 Å². The number of carbonyl (C=O) groups is 1. The zero-order chi connectivity index (χ0) is 23.4. The molecular weight excluding hydrogens is 460 g/mol. The fourth-order valence-electron chi connectivity index (χ4n) is 4.17. The zero-order valence-electron chi connectivity index (χ0n) is 19.0. The highest BCUT2D eigenvalue weighted by molar-refractivity contribution is 7.99. The second-order valence-corrected chi connectivity index (χ2v) is 11.6. The molecule has 1 atom stereocenters. The van der Waals surface area contributed by atoms with Gasteiger partial charge in [0.05, 0.1) is 24.2 Å². The van der Waals surface area contributed by atoms with E-state index in [1.54, 1.807) is 24.3 Å². The van der Waals surface area contributed by atoms with Crippen LogP contribution in [0, 0.1) is 6.92 Å². The zero-order valence-corrected chi connectivity index (χ0v) is 20.6. The molecule has 2 aromatic carbocycles. The summed E-state index contributed by atoms with van der Waals surface area (Å²) >= 11 is 1.90. The Morgan fingerprint density at radius 2 is 1.91 bits per heavy atom. The number of amides is 1. The van der Waals surface area contributed by atoms with Crippen LogP contribution >= 0.6 is 11.8 Å². The predicted molar refractivity (Wildman–Crippen MR) is 131 cm³/mol. The number of hydrogen-bond donors (Lipinski definition) is 1. The Hall–Kier alpha value is -2.39. The van der Waals surface area contributed by atoms with Crippen molar-refractivity contribution >= 4 is 33.4 Å². The third kappa shape index (κ3) is 5.41. The standard InChI is InChI=1S/C24H30N2O5S2/c1-17-7-12-22-21(15-17)26(33(28,29)20-10-8-18(30-2)9-11-20)16-23(31-22)24(27)25-13-14-32-19-5-3-4-6-19/h7-12,15,19,23H,3-6,13-14,16H2,1-2H3,(H,25,27)/t23-/m1/s1. The molecule has 0 bridgehead atoms. The molecule has 1 aliphatic carbocycles. The fraction of sp³-hybridized carbons (Fsp3) is 0.458. The molecule has 178 valence electrons. The lowest BCUT2D eigenvalue weighted by Gasteiger charge is -2.35. The number of carbonyl (C=O) groups excluding carboxylic acids is 1. The minimum Gasteiger partial charge on any atom is -0.497 e. The number of nitrogens with zero attached hydrogens (tertiary/aromatic N) is 1. The molecule has 2 aliphatic rings. The lowest BCUT2D eigenvalue weighted by atomic mass is 10.1. The van der Waals surface area contributed by atoms with Crippen LogP contribution in [-0.2, 0) is 14.8 Å². The topological polar surface area (TPSA) is 84.9 Å². The number of anilines is 1. The van der Waals surface area contributed by atoms with E-state index in [0.29, 0.717) is 29.0 Å². The van der Waals surface area contributed by atoms with Gasteiger partial charge in [-0.3, -0.25) is 9.10 Å². The summed E-state index contributed by atoms with van der Waals surface area (Å²) in [5, 5.41) is 3.61. The summed E-state index contributed by atoms with van der Waals surface area (Å²) < 4.78 is 39.4. The maximum atomic E-state index is 13.5. The molecule has 1 saturated carbocycles. The van der Waals surface area contributed by atoms with Gasteiger partial charge < -0.3 is 14.8 Å². The molecule has 7 nitrogen and oxygen atoms in total. The van der Waals surface area contributed by atoms with Gasteiger partial charge in [0.1, 0.15) is 11.5 Å². The summed E-state index contributed by atoms with van der Waals surface area (Å²) in [6.45, 7) is 2.33. The minimum atomic E-state index is -3.91. The maximum Gasteiger partial charge on any atom is 0.264 e. The molecule has 2 aromatic rings. The van der Waals surface area contributed by atoms with Crippen LogP contribution in [0.25, 0.3) is 0 Å². The van der Waals surface area contributed by atoms with E-state index in [9.17, 15) is 13.2 Å². The van der Waals surface area contributed by atoms with Gasteiger partial charge >= 0.3 is 0 Å². The number of rotatable bonds is 8. The van der Waals surface area contributed by atoms with Crippen LogP contribution in [0.4, 0.5) is 5.69 Å². The summed E-state index contributed by atoms with van der Waals surface area (Å²) in [5.41, 5.74) is 1.34. The largest absolute Gasteiger partial charge is 0.497 e. The molecule has 0 spiro atoms. The van der Waals surface area contributed by atoms with Crippen molar-refractivity contribution < 1.29 is 22.7 Å². The number of aryl methyl sites for hydroxylation is 1. The van der Waals surface area contributed by atoms with Crippen LogP contribution < -0.4 is 19.1 Å². The average Bonchev–Trinajstić information content (AvgIpc) is 3.34. The van der Waals surface area contributed by atoms with Crippen molar-refractivity contribution in [1.29, 1.82) is 0 Å². The Labute approximate surface area is 199 Å². The van der Waals surface area contributed by atoms with Crippen molar-refractivity contribution in [3.05, 3.63) is 48.0 Å². The number of fused-ring (bicyclic) bond motifs is 1. The van der Waals surface area contributed by atoms with E-state index in [-0.39, 0.29) is 17.3 Å². The van der Waals surface area contributed by atoms with E-state index < -0.39 is 16.1 Å². The first-order chi connectivity index (χ1) is 15.9. The van der Waals surface area contributed by atoms with Crippen LogP contribution in [0.2, 0.25) is 0 Å². The molecule has 1 aliphatic heterocycles. The van der Waals surface area contributed by atoms with E-state index in [0.717, 1.165) is 11.3 Å². The molecule has 33 heavy (non-hydrogen) atoms. The van der Waals surface area contributed by atoms with Crippen molar-refractivity contribution in [3.8, 4) is 11.5 Å². The molecule has 0 radical (unpaired) electrons. The number of nitrogens with one attached hydrogen (secondary N) is 1. The van der Waals surface area contributed by atoms with Crippen LogP contribution in [0.15, 0.2) is 47.4 Å². The Morgan fingerprint density at radius 3 is 2.61 bits per heavy atom. The third-order valence-corrected chi connectivity index (χ3v) is 9.16. The van der Waals surface area contributed by atoms with Crippen molar-refractivity contribution in [1.82, 2.24) is 5.32 Å². The van der Waals surface area contributed by atoms with Gasteiger partial charge in [-0.25, -0.2) is 8.42 Å². The third-order valence-electron chi connectivity index (χ3n) is 5.98. The van der Waals surface area contributed by atoms with Gasteiger partial charge in [0.25, 0.3) is 15.9 Å². The predicted octanol–water partition coefficient (Wildman–Crippen LogP) is 3.75. The van der Waals surface area contributed by atoms with Crippen molar-refractivity contribution in [2.24, 2.45) is 0 Å². The number of ether oxygens (including phenoxy) is 2. The molecule has 1 amide bonds. The molecule has 9 heteroatoms. The second-order valence-electron chi connectivity index (χ2n) is 8.36. The average molecular weight is 491 g/mol. The molecule has 0 saturated heterocycles. The van der Waals surface area contributed by atoms with Gasteiger partial charge in [-0.05, 0) is 61.7 Å². The number of thioether (sulfide) groups is 1. The van der Waals surface area contributed by atoms with Crippen LogP contribution in [0.5, 0.6) is 11.5 Å². The summed E-state index contributed by atoms with van der Waals surface area (Å²) in [6, 6.07) is 11.6. The van der Waals surface area contributed by atoms with E-state index in [1.807, 2.05) is 24.8 Å². The summed E-state index contributed by atoms with van der Waals surface area (Å²) in [5.74, 6) is 1.49. The van der Waals surface area contributed by atoms with Crippen molar-refractivity contribution in [2.75, 3.05) is 30.3 Å². The number of sulfonamides is 1. The lowest BCUT2D eigenvalue weighted by Crippen LogP contribution is -2.51. The first kappa shape index (κ1) is 23.8. The molecule has 1 N–H and O–H groups in total. The van der Waals surface area contributed by atoms with E-state index in [1.165, 1.54) is 49.2 Å². The van der Waals surface area contributed by atoms with E-state index in [2.05, 4.69) is 5.32 Å². The number of hydrogen-bond acceptors (Lipinski definition) is 6. The molecule has 0 aromatic heterocycles. The van der Waals surface area contributed by atoms with Gasteiger partial charge in [0.2, 0.25) is 0 Å². The Morgan fingerprint density at radius 1 is 1.18 bits per heavy atom. The van der Waals surface area contributed by atoms with Gasteiger partial charge in [-0.1, -0.05) is 18.9 Å². The summed E-state index contributed by atoms with van der Waals surface area (Å²) in [7, 11) is -2.38. The molecule has 0 unspecified atom stereocenters. The lowest BCUT2D eigenvalue weighted by molar-refractivity contribution is -0.127. The van der Waals surface area contributed by atoms with Crippen LogP contribution in [0.3, 0.4) is 0 Å². The van der Waals surface area contributed by atoms with Gasteiger partial charge in [0, 0.05) is 17.5 Å². The molecular formula is C24H30N2O5S2. The minimum absolute atomic E-state index is 0.0909. The van der Waals surface area contributed by atoms with Crippen LogP contribution in [0.1, 0.15) is 31.2 Å². The highest BCUT2D eigenvalue weighted by Gasteiger charge is 2.37. The maximum absolute atomic E-state index is 13.5. The second kappa shape index (κ2) is 10.3. The van der Waals surface area contributed by atoms with E-state index in [4.69, 9.17) is 9.47 Å². The normalized spacial score (nSPS) is 18.5. The Kier molecular flexibility index (Phi) is 7.38. The van der Waals surface area contributed by atoms with Gasteiger partial charge in [-0.15, -0.1) is 0 Å². The number of methoxy groups -OCH3 is 1. The highest BCUT2D eigenvalue weighted by Crippen LogP contribution is 2.38. The smallest absolute Gasteiger partial charge is 0.264 e. The molecule has 1 fully saturated rings. The Balaban J connectivity index is 1.51. The van der Waals surface area contributed by atoms with Gasteiger partial charge in [0.15, 0.2) is 6.10 Å². The van der Waals surface area contributed by atoms with Crippen molar-refractivity contribution in [3.63, 3.8) is 0 Å². The first-order valence-electron chi connectivity index (χ1n) is 11.2. The monoisotopic (exact) mass is 490 g/mol. The van der Waals surface area contributed by atoms with Gasteiger partial charge in [-0.2, -0.15) is 11.8 Å². The molecule has 4 rings (SSSR count). The fourth-order valence-corrected chi connectivity index (χ4v) is 6.86. The van der Waals surface area contributed by atoms with Crippen LogP contribution in [-0.4, -0.2) is 51.6 Å². The number of benzene rings is 2. The first-order valence-corrected chi connectivity index (χ1v) is 13.7.